The molecule has 3 atom stereocenters. The monoisotopic (exact) mass is 405 g/mol. The zero-order valence-electron chi connectivity index (χ0n) is 14.7. The maximum absolute atomic E-state index is 12.1. The fourth-order valence-electron chi connectivity index (χ4n) is 1.85. The molecule has 158 valence electrons. The minimum atomic E-state index is -1.57. The number of carbonyl (C=O) groups is 6. The van der Waals surface area contributed by atoms with Crippen LogP contribution in [0.25, 0.3) is 0 Å². The number of amides is 4. The summed E-state index contributed by atoms with van der Waals surface area (Å²) in [5, 5.41) is 32.4. The quantitative estimate of drug-likeness (QED) is 0.145. The number of carbonyl (C=O) groups excluding carboxylic acids is 4. The Balaban J connectivity index is 4.86. The Morgan fingerprint density at radius 3 is 2.00 bits per heavy atom. The van der Waals surface area contributed by atoms with Crippen LogP contribution in [0, 0.1) is 0 Å². The highest BCUT2D eigenvalue weighted by molar-refractivity contribution is 5.94. The molecule has 0 aromatic rings. The SMILES string of the molecule is NC(=O)CC(N)C(=O)NC(CCC(=O)O)C(=O)NCC(=O)NC(CO)C(=O)O. The first-order valence-corrected chi connectivity index (χ1v) is 7.94. The number of aliphatic hydroxyl groups excluding tert-OH is 1. The molecule has 14 heteroatoms. The zero-order chi connectivity index (χ0) is 21.9. The molecule has 0 saturated heterocycles. The molecule has 0 bridgehead atoms. The lowest BCUT2D eigenvalue weighted by Crippen LogP contribution is -2.54. The summed E-state index contributed by atoms with van der Waals surface area (Å²) in [5.74, 6) is -6.41. The van der Waals surface area contributed by atoms with Gasteiger partial charge in [-0.15, -0.1) is 0 Å². The first kappa shape index (κ1) is 24.7. The number of carboxylic acid groups (broad SMARTS) is 2. The normalized spacial score (nSPS) is 13.5. The van der Waals surface area contributed by atoms with Crippen molar-refractivity contribution in [3.63, 3.8) is 0 Å². The molecule has 0 rings (SSSR count). The van der Waals surface area contributed by atoms with Gasteiger partial charge in [-0.2, -0.15) is 0 Å². The lowest BCUT2D eigenvalue weighted by Gasteiger charge is -2.20. The standard InChI is InChI=1S/C14H23N5O9/c15-6(3-9(16)21)12(25)19-7(1-2-11(23)24)13(26)17-4-10(22)18-8(5-20)14(27)28/h6-8,20H,1-5,15H2,(H2,16,21)(H,17,26)(H,18,22)(H,19,25)(H,23,24)(H,27,28). The molecule has 0 saturated carbocycles. The number of aliphatic hydroxyl groups is 1. The van der Waals surface area contributed by atoms with Gasteiger partial charge < -0.3 is 42.7 Å². The van der Waals surface area contributed by atoms with Gasteiger partial charge in [-0.25, -0.2) is 4.79 Å². The topological polar surface area (TPSA) is 251 Å². The maximum Gasteiger partial charge on any atom is 0.328 e. The van der Waals surface area contributed by atoms with Crippen LogP contribution in [0.5, 0.6) is 0 Å². The van der Waals surface area contributed by atoms with E-state index in [1.54, 1.807) is 0 Å². The van der Waals surface area contributed by atoms with Crippen LogP contribution in [0.2, 0.25) is 0 Å². The van der Waals surface area contributed by atoms with Crippen LogP contribution in [0.3, 0.4) is 0 Å². The van der Waals surface area contributed by atoms with Gasteiger partial charge in [-0.05, 0) is 6.42 Å². The predicted octanol–water partition coefficient (Wildman–Crippen LogP) is -4.78. The van der Waals surface area contributed by atoms with Gasteiger partial charge in [-0.1, -0.05) is 0 Å². The summed E-state index contributed by atoms with van der Waals surface area (Å²) in [6, 6.07) is -4.32. The van der Waals surface area contributed by atoms with E-state index in [0.29, 0.717) is 0 Å². The molecule has 10 N–H and O–H groups in total. The molecule has 0 aromatic carbocycles. The molecule has 3 unspecified atom stereocenters. The summed E-state index contributed by atoms with van der Waals surface area (Å²) in [6.07, 6.45) is -1.34. The van der Waals surface area contributed by atoms with Crippen molar-refractivity contribution in [1.29, 1.82) is 0 Å². The van der Waals surface area contributed by atoms with Crippen molar-refractivity contribution in [2.75, 3.05) is 13.2 Å². The Morgan fingerprint density at radius 1 is 0.929 bits per heavy atom. The van der Waals surface area contributed by atoms with E-state index in [4.69, 9.17) is 26.8 Å². The molecule has 0 radical (unpaired) electrons. The van der Waals surface area contributed by atoms with Crippen molar-refractivity contribution >= 4 is 35.6 Å². The van der Waals surface area contributed by atoms with Crippen LogP contribution in [0.15, 0.2) is 0 Å². The average Bonchev–Trinajstić information content (AvgIpc) is 2.59. The third-order valence-corrected chi connectivity index (χ3v) is 3.28. The van der Waals surface area contributed by atoms with E-state index < -0.39 is 79.7 Å². The number of hydrogen-bond donors (Lipinski definition) is 8. The second kappa shape index (κ2) is 12.2. The molecular weight excluding hydrogens is 382 g/mol. The van der Waals surface area contributed by atoms with Crippen molar-refractivity contribution in [2.45, 2.75) is 37.4 Å². The van der Waals surface area contributed by atoms with Crippen molar-refractivity contribution in [2.24, 2.45) is 11.5 Å². The van der Waals surface area contributed by atoms with E-state index in [0.717, 1.165) is 0 Å². The Bertz CT molecular complexity index is 624. The van der Waals surface area contributed by atoms with Crippen LogP contribution in [0.1, 0.15) is 19.3 Å². The number of carboxylic acids is 2. The number of nitrogens with two attached hydrogens (primary N) is 2. The van der Waals surface area contributed by atoms with Crippen LogP contribution < -0.4 is 27.4 Å². The van der Waals surface area contributed by atoms with E-state index in [2.05, 4.69) is 10.6 Å². The second-order valence-electron chi connectivity index (χ2n) is 5.63. The number of hydrogen-bond acceptors (Lipinski definition) is 8. The van der Waals surface area contributed by atoms with Crippen LogP contribution in [-0.4, -0.2) is 82.2 Å². The minimum absolute atomic E-state index is 0.341. The number of primary amides is 1. The Labute approximate surface area is 158 Å². The second-order valence-corrected chi connectivity index (χ2v) is 5.63. The smallest absolute Gasteiger partial charge is 0.328 e. The van der Waals surface area contributed by atoms with Gasteiger partial charge in [0.05, 0.1) is 25.6 Å². The van der Waals surface area contributed by atoms with E-state index >= 15 is 0 Å². The third kappa shape index (κ3) is 10.0. The number of aliphatic carboxylic acids is 2. The molecule has 28 heavy (non-hydrogen) atoms. The van der Waals surface area contributed by atoms with Crippen LogP contribution >= 0.6 is 0 Å². The highest BCUT2D eigenvalue weighted by Gasteiger charge is 2.26. The van der Waals surface area contributed by atoms with Gasteiger partial charge >= 0.3 is 11.9 Å². The van der Waals surface area contributed by atoms with E-state index in [9.17, 15) is 28.8 Å². The van der Waals surface area contributed by atoms with Crippen molar-refractivity contribution in [1.82, 2.24) is 16.0 Å². The fourth-order valence-corrected chi connectivity index (χ4v) is 1.85. The third-order valence-electron chi connectivity index (χ3n) is 3.28. The minimum Gasteiger partial charge on any atom is -0.481 e. The van der Waals surface area contributed by atoms with Gasteiger partial charge in [0.25, 0.3) is 0 Å². The van der Waals surface area contributed by atoms with Crippen LogP contribution in [-0.2, 0) is 28.8 Å². The van der Waals surface area contributed by atoms with Crippen molar-refractivity contribution in [3.8, 4) is 0 Å². The van der Waals surface area contributed by atoms with E-state index in [-0.39, 0.29) is 6.42 Å². The molecule has 0 heterocycles. The lowest BCUT2D eigenvalue weighted by atomic mass is 10.1. The molecule has 0 aliphatic rings. The number of rotatable bonds is 13. The van der Waals surface area contributed by atoms with Gasteiger partial charge in [0.1, 0.15) is 12.1 Å². The predicted molar refractivity (Wildman–Crippen MR) is 90.2 cm³/mol. The maximum atomic E-state index is 12.1. The van der Waals surface area contributed by atoms with Crippen molar-refractivity contribution < 1.29 is 44.1 Å². The molecule has 0 fully saturated rings. The Morgan fingerprint density at radius 2 is 1.54 bits per heavy atom. The van der Waals surface area contributed by atoms with Gasteiger partial charge in [0.2, 0.25) is 23.6 Å². The van der Waals surface area contributed by atoms with Gasteiger partial charge in [0, 0.05) is 6.42 Å². The summed E-state index contributed by atoms with van der Waals surface area (Å²) in [4.78, 5) is 67.8. The summed E-state index contributed by atoms with van der Waals surface area (Å²) < 4.78 is 0. The Kier molecular flexibility index (Phi) is 10.8. The zero-order valence-corrected chi connectivity index (χ0v) is 14.7. The summed E-state index contributed by atoms with van der Waals surface area (Å²) >= 11 is 0. The molecular formula is C14H23N5O9. The van der Waals surface area contributed by atoms with Crippen LogP contribution in [0.4, 0.5) is 0 Å². The van der Waals surface area contributed by atoms with E-state index in [1.165, 1.54) is 0 Å². The van der Waals surface area contributed by atoms with E-state index in [1.807, 2.05) is 5.32 Å². The molecule has 0 aliphatic heterocycles. The van der Waals surface area contributed by atoms with Crippen molar-refractivity contribution in [3.05, 3.63) is 0 Å². The highest BCUT2D eigenvalue weighted by atomic mass is 16.4. The summed E-state index contributed by atoms with van der Waals surface area (Å²) in [7, 11) is 0. The molecule has 0 spiro atoms. The van der Waals surface area contributed by atoms with Gasteiger partial charge in [0.15, 0.2) is 0 Å². The lowest BCUT2D eigenvalue weighted by molar-refractivity contribution is -0.142. The first-order valence-electron chi connectivity index (χ1n) is 7.94. The summed E-state index contributed by atoms with van der Waals surface area (Å²) in [5.41, 5.74) is 10.4. The molecule has 4 amide bonds. The van der Waals surface area contributed by atoms with Gasteiger partial charge in [-0.3, -0.25) is 24.0 Å². The first-order chi connectivity index (χ1) is 13.0. The average molecular weight is 405 g/mol. The molecule has 0 aliphatic carbocycles. The molecule has 14 nitrogen and oxygen atoms in total. The Hall–Kier alpha value is -3.26. The fraction of sp³-hybridized carbons (Fsp3) is 0.571. The number of nitrogens with one attached hydrogen (secondary N) is 3. The summed E-state index contributed by atoms with van der Waals surface area (Å²) in [6.45, 7) is -1.57. The highest BCUT2D eigenvalue weighted by Crippen LogP contribution is 2.00. The largest absolute Gasteiger partial charge is 0.481 e. The molecule has 0 aromatic heterocycles.